The monoisotopic (exact) mass is 489 g/mol. The molecule has 2 heterocycles. The minimum absolute atomic E-state index is 0.601. The molecule has 16 heteroatoms. The van der Waals surface area contributed by atoms with Crippen LogP contribution in [-0.2, 0) is 43.1 Å². The lowest BCUT2D eigenvalue weighted by molar-refractivity contribution is -0.332. The van der Waals surface area contributed by atoms with Gasteiger partial charge in [0, 0.05) is 20.0 Å². The average Bonchev–Trinajstić information content (AvgIpc) is 2.68. The molecule has 0 spiro atoms. The number of aliphatic hydroxyl groups is 3. The van der Waals surface area contributed by atoms with E-state index in [1.54, 1.807) is 0 Å². The molecule has 0 aromatic heterocycles. The number of aliphatic carboxylic acids is 1. The van der Waals surface area contributed by atoms with Gasteiger partial charge in [-0.3, -0.25) is 9.35 Å². The van der Waals surface area contributed by atoms with Gasteiger partial charge in [0.25, 0.3) is 0 Å². The van der Waals surface area contributed by atoms with E-state index >= 15 is 0 Å². The van der Waals surface area contributed by atoms with Gasteiger partial charge in [0.2, 0.25) is 5.91 Å². The van der Waals surface area contributed by atoms with Crippen molar-refractivity contribution in [3.05, 3.63) is 0 Å². The summed E-state index contributed by atoms with van der Waals surface area (Å²) in [5.41, 5.74) is 0. The van der Waals surface area contributed by atoms with E-state index in [9.17, 15) is 38.4 Å². The number of hydrogen-bond donors (Lipinski definition) is 6. The Morgan fingerprint density at radius 2 is 1.69 bits per heavy atom. The number of carboxylic acid groups (broad SMARTS) is 1. The molecule has 32 heavy (non-hydrogen) atoms. The first-order valence-electron chi connectivity index (χ1n) is 9.42. The third-order valence-corrected chi connectivity index (χ3v) is 5.55. The van der Waals surface area contributed by atoms with Gasteiger partial charge < -0.3 is 44.7 Å². The fraction of sp³-hybridized carbons (Fsp3) is 0.875. The van der Waals surface area contributed by atoms with E-state index in [1.165, 1.54) is 14.0 Å². The molecule has 6 N–H and O–H groups in total. The van der Waals surface area contributed by atoms with Crippen LogP contribution in [0.1, 0.15) is 13.8 Å². The molecule has 186 valence electrons. The van der Waals surface area contributed by atoms with E-state index in [0.29, 0.717) is 0 Å². The summed E-state index contributed by atoms with van der Waals surface area (Å²) >= 11 is 0. The molecule has 2 rings (SSSR count). The topological polar surface area (TPSA) is 228 Å². The molecule has 1 amide bonds. The van der Waals surface area contributed by atoms with Gasteiger partial charge in [-0.25, -0.2) is 8.98 Å². The van der Waals surface area contributed by atoms with Crippen LogP contribution < -0.4 is 5.32 Å². The highest BCUT2D eigenvalue weighted by Crippen LogP contribution is 2.31. The summed E-state index contributed by atoms with van der Waals surface area (Å²) in [6.07, 6.45) is -12.7. The predicted octanol–water partition coefficient (Wildman–Crippen LogP) is -3.40. The second-order valence-corrected chi connectivity index (χ2v) is 8.50. The standard InChI is InChI=1S/C16H27NO14S/c1-5-9(19)11(21)16(30-12(5)14(22)23)31-13-8(17-6(2)18)15(27-3)29-7(10(13)20)4-28-32(24,25)26/h5,7-13,15-16,19-21H,4H2,1-3H3,(H,17,18)(H,22,23)(H,24,25,26)/t5?,7-,8-,9+,10+,11-,12+,13-,15-,16+/m1/s1. The molecule has 15 nitrogen and oxygen atoms in total. The molecule has 0 bridgehead atoms. The number of carboxylic acids is 1. The number of carbonyl (C=O) groups excluding carboxylic acids is 1. The number of rotatable bonds is 8. The Hall–Kier alpha value is -1.47. The van der Waals surface area contributed by atoms with Crippen molar-refractivity contribution in [1.82, 2.24) is 5.32 Å². The van der Waals surface area contributed by atoms with Gasteiger partial charge in [-0.05, 0) is 0 Å². The molecule has 0 saturated carbocycles. The van der Waals surface area contributed by atoms with E-state index in [2.05, 4.69) is 9.50 Å². The van der Waals surface area contributed by atoms with Crippen LogP contribution in [0.5, 0.6) is 0 Å². The van der Waals surface area contributed by atoms with Crippen molar-refractivity contribution >= 4 is 22.3 Å². The van der Waals surface area contributed by atoms with Crippen LogP contribution in [0.25, 0.3) is 0 Å². The van der Waals surface area contributed by atoms with Crippen molar-refractivity contribution in [3.8, 4) is 0 Å². The maximum Gasteiger partial charge on any atom is 0.397 e. The third kappa shape index (κ3) is 6.31. The van der Waals surface area contributed by atoms with Crippen molar-refractivity contribution in [1.29, 1.82) is 0 Å². The van der Waals surface area contributed by atoms with Crippen LogP contribution in [0.2, 0.25) is 0 Å². The number of methoxy groups -OCH3 is 1. The van der Waals surface area contributed by atoms with Gasteiger partial charge >= 0.3 is 16.4 Å². The van der Waals surface area contributed by atoms with E-state index < -0.39 is 90.0 Å². The first-order valence-corrected chi connectivity index (χ1v) is 10.8. The highest BCUT2D eigenvalue weighted by Gasteiger charge is 2.52. The summed E-state index contributed by atoms with van der Waals surface area (Å²) in [5, 5.41) is 43.0. The quantitative estimate of drug-likeness (QED) is 0.183. The Labute approximate surface area is 183 Å². The van der Waals surface area contributed by atoms with Crippen molar-refractivity contribution in [2.24, 2.45) is 5.92 Å². The van der Waals surface area contributed by atoms with Gasteiger partial charge in [-0.15, -0.1) is 0 Å². The number of aliphatic hydroxyl groups excluding tert-OH is 3. The molecule has 0 aliphatic carbocycles. The van der Waals surface area contributed by atoms with E-state index in [1.807, 2.05) is 0 Å². The molecule has 2 saturated heterocycles. The molecular formula is C16H27NO14S. The van der Waals surface area contributed by atoms with Crippen molar-refractivity contribution in [2.45, 2.75) is 69.1 Å². The Morgan fingerprint density at radius 1 is 1.06 bits per heavy atom. The summed E-state index contributed by atoms with van der Waals surface area (Å²) in [4.78, 5) is 23.1. The molecule has 2 fully saturated rings. The van der Waals surface area contributed by atoms with Crippen LogP contribution in [-0.4, -0.2) is 114 Å². The lowest BCUT2D eigenvalue weighted by Crippen LogP contribution is -2.67. The predicted molar refractivity (Wildman–Crippen MR) is 99.1 cm³/mol. The minimum atomic E-state index is -4.89. The Kier molecular flexibility index (Phi) is 8.90. The Balaban J connectivity index is 2.32. The van der Waals surface area contributed by atoms with Crippen LogP contribution in [0, 0.1) is 5.92 Å². The highest BCUT2D eigenvalue weighted by atomic mass is 32.3. The van der Waals surface area contributed by atoms with Gasteiger partial charge in [0.15, 0.2) is 18.7 Å². The molecule has 10 atom stereocenters. The lowest BCUT2D eigenvalue weighted by Gasteiger charge is -2.47. The average molecular weight is 489 g/mol. The van der Waals surface area contributed by atoms with Crippen LogP contribution in [0.3, 0.4) is 0 Å². The van der Waals surface area contributed by atoms with Crippen molar-refractivity contribution in [3.63, 3.8) is 0 Å². The normalized spacial score (nSPS) is 40.6. The third-order valence-electron chi connectivity index (χ3n) is 5.12. The zero-order chi connectivity index (χ0) is 24.4. The zero-order valence-electron chi connectivity index (χ0n) is 17.3. The lowest BCUT2D eigenvalue weighted by atomic mass is 9.90. The first kappa shape index (κ1) is 26.8. The first-order chi connectivity index (χ1) is 14.8. The van der Waals surface area contributed by atoms with E-state index in [4.69, 9.17) is 23.5 Å². The SMILES string of the molecule is CO[C@@H]1O[C@H](COS(=O)(=O)O)[C@H](O)[C@H](O[C@@H]2O[C@H](C(=O)O)C(C)[C@H](O)[C@H]2O)[C@H]1NC(C)=O. The molecule has 0 radical (unpaired) electrons. The van der Waals surface area contributed by atoms with Gasteiger partial charge in [0.1, 0.15) is 30.5 Å². The van der Waals surface area contributed by atoms with E-state index in [0.717, 1.165) is 6.92 Å². The molecular weight excluding hydrogens is 462 g/mol. The summed E-state index contributed by atoms with van der Waals surface area (Å²) in [7, 11) is -3.72. The number of ether oxygens (including phenoxy) is 4. The second kappa shape index (κ2) is 10.6. The number of amides is 1. The fourth-order valence-electron chi connectivity index (χ4n) is 3.51. The summed E-state index contributed by atoms with van der Waals surface area (Å²) in [6.45, 7) is 1.61. The summed E-state index contributed by atoms with van der Waals surface area (Å²) in [5.74, 6) is -3.04. The second-order valence-electron chi connectivity index (χ2n) is 7.41. The fourth-order valence-corrected chi connectivity index (χ4v) is 3.82. The Morgan fingerprint density at radius 3 is 2.19 bits per heavy atom. The Bertz CT molecular complexity index is 777. The number of nitrogens with one attached hydrogen (secondary N) is 1. The smallest absolute Gasteiger partial charge is 0.397 e. The van der Waals surface area contributed by atoms with Crippen LogP contribution >= 0.6 is 0 Å². The zero-order valence-corrected chi connectivity index (χ0v) is 18.1. The molecule has 2 aliphatic heterocycles. The van der Waals surface area contributed by atoms with Gasteiger partial charge in [-0.1, -0.05) is 6.92 Å². The molecule has 2 aliphatic rings. The largest absolute Gasteiger partial charge is 0.479 e. The van der Waals surface area contributed by atoms with Crippen molar-refractivity contribution in [2.75, 3.05) is 13.7 Å². The molecule has 1 unspecified atom stereocenters. The van der Waals surface area contributed by atoms with Crippen LogP contribution in [0.15, 0.2) is 0 Å². The molecule has 0 aromatic carbocycles. The number of hydrogen-bond acceptors (Lipinski definition) is 12. The maximum atomic E-state index is 11.7. The maximum absolute atomic E-state index is 11.7. The van der Waals surface area contributed by atoms with Gasteiger partial charge in [-0.2, -0.15) is 8.42 Å². The minimum Gasteiger partial charge on any atom is -0.479 e. The summed E-state index contributed by atoms with van der Waals surface area (Å²) in [6, 6.07) is -1.25. The van der Waals surface area contributed by atoms with Crippen LogP contribution in [0.4, 0.5) is 0 Å². The molecule has 0 aromatic rings. The van der Waals surface area contributed by atoms with Crippen molar-refractivity contribution < 1.29 is 66.1 Å². The van der Waals surface area contributed by atoms with Gasteiger partial charge in [0.05, 0.1) is 12.7 Å². The number of carbonyl (C=O) groups is 2. The summed E-state index contributed by atoms with van der Waals surface area (Å²) < 4.78 is 56.1. The van der Waals surface area contributed by atoms with E-state index in [-0.39, 0.29) is 0 Å². The highest BCUT2D eigenvalue weighted by molar-refractivity contribution is 7.80.